The first kappa shape index (κ1) is 18.1. The van der Waals surface area contributed by atoms with Gasteiger partial charge in [-0.25, -0.2) is 4.79 Å². The van der Waals surface area contributed by atoms with Crippen molar-refractivity contribution in [3.05, 3.63) is 62.1 Å². The lowest BCUT2D eigenvalue weighted by molar-refractivity contribution is 0.0990. The predicted molar refractivity (Wildman–Crippen MR) is 105 cm³/mol. The fourth-order valence-electron chi connectivity index (χ4n) is 2.87. The van der Waals surface area contributed by atoms with Crippen LogP contribution in [0.1, 0.15) is 29.4 Å². The normalized spacial score (nSPS) is 11.0. The number of carbonyl (C=O) groups is 1. The van der Waals surface area contributed by atoms with Crippen LogP contribution in [0.2, 0.25) is 0 Å². The van der Waals surface area contributed by atoms with E-state index in [2.05, 4.69) is 6.92 Å². The van der Waals surface area contributed by atoms with E-state index in [0.29, 0.717) is 21.6 Å². The number of anilines is 1. The highest BCUT2D eigenvalue weighted by molar-refractivity contribution is 7.20. The van der Waals surface area contributed by atoms with Crippen LogP contribution in [0.15, 0.2) is 46.0 Å². The molecule has 3 rings (SSSR count). The van der Waals surface area contributed by atoms with Crippen LogP contribution in [-0.2, 0) is 14.1 Å². The Kier molecular flexibility index (Phi) is 5.08. The van der Waals surface area contributed by atoms with Gasteiger partial charge in [-0.15, -0.1) is 11.3 Å². The summed E-state index contributed by atoms with van der Waals surface area (Å²) < 4.78 is 2.48. The maximum atomic E-state index is 13.2. The first-order valence-corrected chi connectivity index (χ1v) is 9.33. The molecule has 0 aliphatic heterocycles. The zero-order valence-electron chi connectivity index (χ0n) is 15.1. The molecule has 0 fully saturated rings. The van der Waals surface area contributed by atoms with Gasteiger partial charge in [0.25, 0.3) is 11.5 Å². The minimum atomic E-state index is -0.394. The van der Waals surface area contributed by atoms with Gasteiger partial charge in [0, 0.05) is 26.3 Å². The summed E-state index contributed by atoms with van der Waals surface area (Å²) >= 11 is 1.18. The molecule has 0 radical (unpaired) electrons. The van der Waals surface area contributed by atoms with E-state index in [1.165, 1.54) is 23.0 Å². The lowest BCUT2D eigenvalue weighted by Crippen LogP contribution is -2.36. The van der Waals surface area contributed by atoms with Gasteiger partial charge in [-0.2, -0.15) is 0 Å². The maximum Gasteiger partial charge on any atom is 0.331 e. The van der Waals surface area contributed by atoms with Gasteiger partial charge in [0.15, 0.2) is 0 Å². The first-order valence-electron chi connectivity index (χ1n) is 8.52. The van der Waals surface area contributed by atoms with Gasteiger partial charge in [-0.1, -0.05) is 31.5 Å². The molecule has 2 aromatic heterocycles. The number of benzene rings is 1. The van der Waals surface area contributed by atoms with Gasteiger partial charge >= 0.3 is 5.69 Å². The summed E-state index contributed by atoms with van der Waals surface area (Å²) in [6.45, 7) is 2.68. The Balaban J connectivity index is 2.10. The van der Waals surface area contributed by atoms with Crippen molar-refractivity contribution < 1.29 is 4.79 Å². The lowest BCUT2D eigenvalue weighted by Gasteiger charge is -2.22. The zero-order valence-corrected chi connectivity index (χ0v) is 15.9. The summed E-state index contributed by atoms with van der Waals surface area (Å²) in [6, 6.07) is 11.1. The van der Waals surface area contributed by atoms with Crippen molar-refractivity contribution in [1.82, 2.24) is 9.13 Å². The summed E-state index contributed by atoms with van der Waals surface area (Å²) in [5.41, 5.74) is 0.0534. The standard InChI is InChI=1S/C19H21N3O3S/c1-4-5-11-22(13-9-7-6-8-10-13)17(24)15-12-14-16(23)20(2)19(25)21(3)18(14)26-15/h6-10,12H,4-5,11H2,1-3H3. The fraction of sp³-hybridized carbons (Fsp3) is 0.316. The van der Waals surface area contributed by atoms with Gasteiger partial charge < -0.3 is 4.90 Å². The van der Waals surface area contributed by atoms with Crippen molar-refractivity contribution in [1.29, 1.82) is 0 Å². The van der Waals surface area contributed by atoms with E-state index in [4.69, 9.17) is 0 Å². The number of rotatable bonds is 5. The van der Waals surface area contributed by atoms with Gasteiger partial charge in [0.05, 0.1) is 10.3 Å². The van der Waals surface area contributed by atoms with E-state index in [0.717, 1.165) is 23.1 Å². The predicted octanol–water partition coefficient (Wildman–Crippen LogP) is 2.75. The van der Waals surface area contributed by atoms with Crippen LogP contribution in [0.3, 0.4) is 0 Å². The Hall–Kier alpha value is -2.67. The quantitative estimate of drug-likeness (QED) is 0.693. The molecule has 0 saturated heterocycles. The Bertz CT molecular complexity index is 1060. The molecular weight excluding hydrogens is 350 g/mol. The van der Waals surface area contributed by atoms with Crippen LogP contribution >= 0.6 is 11.3 Å². The van der Waals surface area contributed by atoms with Gasteiger partial charge in [0.2, 0.25) is 0 Å². The second kappa shape index (κ2) is 7.29. The summed E-state index contributed by atoms with van der Waals surface area (Å²) in [7, 11) is 3.06. The van der Waals surface area contributed by atoms with E-state index in [1.54, 1.807) is 18.0 Å². The van der Waals surface area contributed by atoms with E-state index >= 15 is 0 Å². The number of unbranched alkanes of at least 4 members (excludes halogenated alkanes) is 1. The topological polar surface area (TPSA) is 64.3 Å². The highest BCUT2D eigenvalue weighted by atomic mass is 32.1. The third-order valence-corrected chi connectivity index (χ3v) is 5.58. The van der Waals surface area contributed by atoms with Crippen molar-refractivity contribution in [2.24, 2.45) is 14.1 Å². The molecule has 0 unspecified atom stereocenters. The van der Waals surface area contributed by atoms with Crippen LogP contribution in [0.25, 0.3) is 10.2 Å². The molecule has 26 heavy (non-hydrogen) atoms. The summed E-state index contributed by atoms with van der Waals surface area (Å²) in [5.74, 6) is -0.152. The number of hydrogen-bond acceptors (Lipinski definition) is 4. The molecule has 0 saturated carbocycles. The summed E-state index contributed by atoms with van der Waals surface area (Å²) in [5, 5.41) is 0.395. The van der Waals surface area contributed by atoms with Crippen LogP contribution in [-0.4, -0.2) is 21.6 Å². The number of carbonyl (C=O) groups excluding carboxylic acids is 1. The monoisotopic (exact) mass is 371 g/mol. The molecule has 0 bridgehead atoms. The third-order valence-electron chi connectivity index (χ3n) is 4.39. The summed E-state index contributed by atoms with van der Waals surface area (Å²) in [6.07, 6.45) is 1.85. The highest BCUT2D eigenvalue weighted by Crippen LogP contribution is 2.25. The Morgan fingerprint density at radius 1 is 1.12 bits per heavy atom. The molecule has 0 atom stereocenters. The number of para-hydroxylation sites is 1. The zero-order chi connectivity index (χ0) is 18.8. The molecule has 0 aliphatic rings. The minimum absolute atomic E-state index is 0.152. The highest BCUT2D eigenvalue weighted by Gasteiger charge is 2.22. The lowest BCUT2D eigenvalue weighted by atomic mass is 10.2. The molecule has 2 heterocycles. The molecule has 1 amide bonds. The first-order chi connectivity index (χ1) is 12.5. The van der Waals surface area contributed by atoms with E-state index in [9.17, 15) is 14.4 Å². The molecule has 0 aliphatic carbocycles. The average Bonchev–Trinajstić information content (AvgIpc) is 3.11. The smallest absolute Gasteiger partial charge is 0.308 e. The van der Waals surface area contributed by atoms with Crippen LogP contribution < -0.4 is 16.1 Å². The third kappa shape index (κ3) is 3.10. The number of fused-ring (bicyclic) bond motifs is 1. The van der Waals surface area contributed by atoms with E-state index in [1.807, 2.05) is 30.3 Å². The van der Waals surface area contributed by atoms with Gasteiger partial charge in [0.1, 0.15) is 4.83 Å². The summed E-state index contributed by atoms with van der Waals surface area (Å²) in [4.78, 5) is 40.4. The number of amides is 1. The Morgan fingerprint density at radius 2 is 1.81 bits per heavy atom. The molecule has 0 spiro atoms. The Morgan fingerprint density at radius 3 is 2.46 bits per heavy atom. The molecule has 3 aromatic rings. The van der Waals surface area contributed by atoms with Crippen LogP contribution in [0, 0.1) is 0 Å². The molecule has 6 nitrogen and oxygen atoms in total. The molecule has 1 aromatic carbocycles. The van der Waals surface area contributed by atoms with Crippen molar-refractivity contribution >= 4 is 33.1 Å². The molecule has 7 heteroatoms. The van der Waals surface area contributed by atoms with Crippen molar-refractivity contribution in [3.63, 3.8) is 0 Å². The minimum Gasteiger partial charge on any atom is -0.308 e. The van der Waals surface area contributed by atoms with E-state index in [-0.39, 0.29) is 11.5 Å². The average molecular weight is 371 g/mol. The SMILES string of the molecule is CCCCN(C(=O)c1cc2c(=O)n(C)c(=O)n(C)c2s1)c1ccccc1. The van der Waals surface area contributed by atoms with Gasteiger partial charge in [-0.3, -0.25) is 18.7 Å². The number of hydrogen-bond donors (Lipinski definition) is 0. The van der Waals surface area contributed by atoms with Crippen molar-refractivity contribution in [2.45, 2.75) is 19.8 Å². The number of nitrogens with zero attached hydrogens (tertiary/aromatic N) is 3. The van der Waals surface area contributed by atoms with Gasteiger partial charge in [-0.05, 0) is 24.6 Å². The van der Waals surface area contributed by atoms with Crippen molar-refractivity contribution in [2.75, 3.05) is 11.4 Å². The van der Waals surface area contributed by atoms with Crippen molar-refractivity contribution in [3.8, 4) is 0 Å². The second-order valence-corrected chi connectivity index (χ2v) is 7.21. The molecule has 136 valence electrons. The van der Waals surface area contributed by atoms with Crippen LogP contribution in [0.4, 0.5) is 5.69 Å². The fourth-order valence-corrected chi connectivity index (χ4v) is 3.93. The molecule has 0 N–H and O–H groups in total. The second-order valence-electron chi connectivity index (χ2n) is 6.18. The van der Waals surface area contributed by atoms with E-state index < -0.39 is 5.69 Å². The largest absolute Gasteiger partial charge is 0.331 e. The maximum absolute atomic E-state index is 13.2. The number of thiophene rings is 1. The molecular formula is C19H21N3O3S. The van der Waals surface area contributed by atoms with Crippen LogP contribution in [0.5, 0.6) is 0 Å². The number of aryl methyl sites for hydroxylation is 1. The Labute approximate surface area is 154 Å². The number of aromatic nitrogens is 2.